The van der Waals surface area contributed by atoms with Gasteiger partial charge in [-0.25, -0.2) is 0 Å². The Labute approximate surface area is 77.2 Å². The molecular weight excluding hydrogens is 166 g/mol. The van der Waals surface area contributed by atoms with Crippen molar-refractivity contribution >= 4 is 11.6 Å². The van der Waals surface area contributed by atoms with Crippen molar-refractivity contribution in [1.82, 2.24) is 4.98 Å². The monoisotopic (exact) mass is 179 g/mol. The van der Waals surface area contributed by atoms with Crippen LogP contribution in [0.1, 0.15) is 13.3 Å². The van der Waals surface area contributed by atoms with Crippen molar-refractivity contribution < 1.29 is 4.79 Å². The number of aromatic nitrogens is 1. The van der Waals surface area contributed by atoms with Crippen molar-refractivity contribution in [2.24, 2.45) is 5.73 Å². The Hall–Kier alpha value is -1.58. The lowest BCUT2D eigenvalue weighted by Crippen LogP contribution is -2.23. The predicted molar refractivity (Wildman–Crippen MR) is 51.1 cm³/mol. The van der Waals surface area contributed by atoms with E-state index in [9.17, 15) is 4.79 Å². The predicted octanol–water partition coefficient (Wildman–Crippen LogP) is 0.757. The molecule has 0 spiro atoms. The zero-order valence-corrected chi connectivity index (χ0v) is 7.53. The van der Waals surface area contributed by atoms with Crippen molar-refractivity contribution in [3.63, 3.8) is 0 Å². The summed E-state index contributed by atoms with van der Waals surface area (Å²) in [7, 11) is 0. The van der Waals surface area contributed by atoms with Crippen LogP contribution in [-0.2, 0) is 4.79 Å². The largest absolute Gasteiger partial charge is 0.382 e. The molecule has 0 fully saturated rings. The van der Waals surface area contributed by atoms with E-state index in [2.05, 4.69) is 10.3 Å². The number of carbonyl (C=O) groups excluding carboxylic acids is 1. The van der Waals surface area contributed by atoms with Gasteiger partial charge in [-0.05, 0) is 19.1 Å². The summed E-state index contributed by atoms with van der Waals surface area (Å²) in [5.74, 6) is -0.297. The molecule has 0 saturated heterocycles. The molecule has 0 radical (unpaired) electrons. The fourth-order valence-electron chi connectivity index (χ4n) is 1.09. The van der Waals surface area contributed by atoms with E-state index < -0.39 is 0 Å². The van der Waals surface area contributed by atoms with E-state index in [0.29, 0.717) is 6.42 Å². The van der Waals surface area contributed by atoms with Gasteiger partial charge < -0.3 is 11.1 Å². The maximum atomic E-state index is 10.6. The third-order valence-corrected chi connectivity index (χ3v) is 1.60. The lowest BCUT2D eigenvalue weighted by molar-refractivity contribution is -0.118. The summed E-state index contributed by atoms with van der Waals surface area (Å²) in [5.41, 5.74) is 6.00. The third kappa shape index (κ3) is 3.55. The van der Waals surface area contributed by atoms with Crippen molar-refractivity contribution in [2.75, 3.05) is 5.32 Å². The Balaban J connectivity index is 2.45. The molecule has 0 aliphatic carbocycles. The zero-order chi connectivity index (χ0) is 9.68. The second kappa shape index (κ2) is 4.45. The minimum Gasteiger partial charge on any atom is -0.382 e. The van der Waals surface area contributed by atoms with Crippen LogP contribution in [-0.4, -0.2) is 16.9 Å². The Bertz CT molecular complexity index is 273. The number of hydrogen-bond donors (Lipinski definition) is 2. The van der Waals surface area contributed by atoms with Gasteiger partial charge in [-0.3, -0.25) is 9.78 Å². The molecule has 0 aliphatic heterocycles. The van der Waals surface area contributed by atoms with Gasteiger partial charge in [-0.1, -0.05) is 0 Å². The number of nitrogens with two attached hydrogens (primary N) is 1. The van der Waals surface area contributed by atoms with E-state index in [4.69, 9.17) is 5.73 Å². The van der Waals surface area contributed by atoms with Crippen LogP contribution < -0.4 is 11.1 Å². The Morgan fingerprint density at radius 3 is 2.77 bits per heavy atom. The summed E-state index contributed by atoms with van der Waals surface area (Å²) in [5, 5.41) is 3.13. The number of anilines is 1. The summed E-state index contributed by atoms with van der Waals surface area (Å²) in [6.07, 6.45) is 3.72. The highest BCUT2D eigenvalue weighted by atomic mass is 16.1. The standard InChI is InChI=1S/C9H13N3O/c1-7(6-9(10)13)12-8-2-4-11-5-3-8/h2-5,7H,6H2,1H3,(H2,10,13)(H,11,12). The number of hydrogen-bond acceptors (Lipinski definition) is 3. The molecule has 70 valence electrons. The highest BCUT2D eigenvalue weighted by Crippen LogP contribution is 2.06. The molecule has 1 rings (SSSR count). The smallest absolute Gasteiger partial charge is 0.219 e. The van der Waals surface area contributed by atoms with E-state index in [0.717, 1.165) is 5.69 Å². The Morgan fingerprint density at radius 1 is 1.62 bits per heavy atom. The first-order chi connectivity index (χ1) is 6.18. The Morgan fingerprint density at radius 2 is 2.23 bits per heavy atom. The van der Waals surface area contributed by atoms with Gasteiger partial charge >= 0.3 is 0 Å². The van der Waals surface area contributed by atoms with Crippen LogP contribution in [0.4, 0.5) is 5.69 Å². The van der Waals surface area contributed by atoms with E-state index in [1.807, 2.05) is 19.1 Å². The lowest BCUT2D eigenvalue weighted by Gasteiger charge is -2.12. The van der Waals surface area contributed by atoms with Gasteiger partial charge in [0.05, 0.1) is 0 Å². The summed E-state index contributed by atoms with van der Waals surface area (Å²) in [4.78, 5) is 14.5. The molecule has 0 bridgehead atoms. The minimum atomic E-state index is -0.297. The van der Waals surface area contributed by atoms with Gasteiger partial charge in [-0.15, -0.1) is 0 Å². The minimum absolute atomic E-state index is 0.0555. The Kier molecular flexibility index (Phi) is 3.25. The average molecular weight is 179 g/mol. The number of carbonyl (C=O) groups is 1. The molecule has 13 heavy (non-hydrogen) atoms. The molecular formula is C9H13N3O. The molecule has 1 atom stereocenters. The third-order valence-electron chi connectivity index (χ3n) is 1.60. The number of nitrogens with zero attached hydrogens (tertiary/aromatic N) is 1. The van der Waals surface area contributed by atoms with E-state index >= 15 is 0 Å². The van der Waals surface area contributed by atoms with Crippen molar-refractivity contribution in [2.45, 2.75) is 19.4 Å². The van der Waals surface area contributed by atoms with Gasteiger partial charge in [0.25, 0.3) is 0 Å². The molecule has 3 N–H and O–H groups in total. The fraction of sp³-hybridized carbons (Fsp3) is 0.333. The average Bonchev–Trinajstić information content (AvgIpc) is 2.04. The number of nitrogens with one attached hydrogen (secondary N) is 1. The fourth-order valence-corrected chi connectivity index (χ4v) is 1.09. The molecule has 1 amide bonds. The molecule has 1 aromatic heterocycles. The topological polar surface area (TPSA) is 68.0 Å². The molecule has 4 heteroatoms. The highest BCUT2D eigenvalue weighted by molar-refractivity contribution is 5.74. The normalized spacial score (nSPS) is 12.1. The number of amides is 1. The van der Waals surface area contributed by atoms with E-state index in [1.165, 1.54) is 0 Å². The van der Waals surface area contributed by atoms with Crippen molar-refractivity contribution in [3.8, 4) is 0 Å². The van der Waals surface area contributed by atoms with Crippen LogP contribution in [0.25, 0.3) is 0 Å². The van der Waals surface area contributed by atoms with Crippen LogP contribution in [0.3, 0.4) is 0 Å². The molecule has 0 saturated carbocycles. The first kappa shape index (κ1) is 9.51. The quantitative estimate of drug-likeness (QED) is 0.717. The molecule has 0 aromatic carbocycles. The number of pyridine rings is 1. The summed E-state index contributed by atoms with van der Waals surface area (Å²) >= 11 is 0. The van der Waals surface area contributed by atoms with Gasteiger partial charge in [0.15, 0.2) is 0 Å². The second-order valence-electron chi connectivity index (χ2n) is 2.95. The van der Waals surface area contributed by atoms with Crippen LogP contribution in [0.15, 0.2) is 24.5 Å². The highest BCUT2D eigenvalue weighted by Gasteiger charge is 2.04. The molecule has 0 aliphatic rings. The van der Waals surface area contributed by atoms with Crippen LogP contribution >= 0.6 is 0 Å². The van der Waals surface area contributed by atoms with Gasteiger partial charge in [0.1, 0.15) is 0 Å². The van der Waals surface area contributed by atoms with Crippen molar-refractivity contribution in [3.05, 3.63) is 24.5 Å². The van der Waals surface area contributed by atoms with Gasteiger partial charge in [0, 0.05) is 30.5 Å². The zero-order valence-electron chi connectivity index (χ0n) is 7.53. The van der Waals surface area contributed by atoms with Crippen LogP contribution in [0.5, 0.6) is 0 Å². The van der Waals surface area contributed by atoms with E-state index in [-0.39, 0.29) is 11.9 Å². The van der Waals surface area contributed by atoms with Crippen LogP contribution in [0.2, 0.25) is 0 Å². The maximum absolute atomic E-state index is 10.6. The number of rotatable bonds is 4. The lowest BCUT2D eigenvalue weighted by atomic mass is 10.2. The summed E-state index contributed by atoms with van der Waals surface area (Å²) in [6.45, 7) is 1.91. The van der Waals surface area contributed by atoms with Gasteiger partial charge in [0.2, 0.25) is 5.91 Å². The molecule has 1 heterocycles. The number of primary amides is 1. The first-order valence-corrected chi connectivity index (χ1v) is 4.13. The SMILES string of the molecule is CC(CC(N)=O)Nc1ccncc1. The first-order valence-electron chi connectivity index (χ1n) is 4.13. The maximum Gasteiger partial charge on any atom is 0.219 e. The van der Waals surface area contributed by atoms with Crippen molar-refractivity contribution in [1.29, 1.82) is 0 Å². The van der Waals surface area contributed by atoms with E-state index in [1.54, 1.807) is 12.4 Å². The second-order valence-corrected chi connectivity index (χ2v) is 2.95. The molecule has 4 nitrogen and oxygen atoms in total. The molecule has 1 aromatic rings. The van der Waals surface area contributed by atoms with Gasteiger partial charge in [-0.2, -0.15) is 0 Å². The summed E-state index contributed by atoms with van der Waals surface area (Å²) < 4.78 is 0. The summed E-state index contributed by atoms with van der Waals surface area (Å²) in [6, 6.07) is 3.74. The van der Waals surface area contributed by atoms with Crippen LogP contribution in [0, 0.1) is 0 Å². The molecule has 1 unspecified atom stereocenters.